The lowest BCUT2D eigenvalue weighted by Crippen LogP contribution is -2.46. The number of nitrogens with one attached hydrogen (secondary N) is 3. The molecule has 0 heterocycles. The second kappa shape index (κ2) is 9.33. The molecule has 0 spiro atoms. The Labute approximate surface area is 154 Å². The Morgan fingerprint density at radius 3 is 2.31 bits per heavy atom. The molecular formula is C19H28N4O3. The van der Waals surface area contributed by atoms with Crippen LogP contribution in [-0.2, 0) is 9.59 Å². The number of rotatable bonds is 7. The lowest BCUT2D eigenvalue weighted by molar-refractivity contribution is -0.125. The van der Waals surface area contributed by atoms with Crippen LogP contribution < -0.4 is 21.7 Å². The van der Waals surface area contributed by atoms with Crippen LogP contribution in [0.1, 0.15) is 49.9 Å². The smallest absolute Gasteiger partial charge is 0.251 e. The van der Waals surface area contributed by atoms with Crippen LogP contribution in [0.3, 0.4) is 0 Å². The molecule has 1 aliphatic rings. The number of carbonyl (C=O) groups excluding carboxylic acids is 3. The highest BCUT2D eigenvalue weighted by atomic mass is 16.2. The summed E-state index contributed by atoms with van der Waals surface area (Å²) in [7, 11) is 0. The first-order valence-electron chi connectivity index (χ1n) is 9.11. The van der Waals surface area contributed by atoms with Crippen molar-refractivity contribution in [2.75, 3.05) is 11.9 Å². The van der Waals surface area contributed by atoms with Gasteiger partial charge >= 0.3 is 0 Å². The largest absolute Gasteiger partial charge is 0.349 e. The summed E-state index contributed by atoms with van der Waals surface area (Å²) in [5, 5.41) is 8.21. The zero-order valence-electron chi connectivity index (χ0n) is 15.4. The summed E-state index contributed by atoms with van der Waals surface area (Å²) in [6.45, 7) is 3.53. The summed E-state index contributed by atoms with van der Waals surface area (Å²) in [4.78, 5) is 35.8. The number of nitrogens with two attached hydrogens (primary N) is 1. The Morgan fingerprint density at radius 1 is 1.12 bits per heavy atom. The maximum absolute atomic E-state index is 12.2. The fourth-order valence-electron chi connectivity index (χ4n) is 2.84. The number of hydrogen-bond acceptors (Lipinski definition) is 4. The van der Waals surface area contributed by atoms with Crippen LogP contribution >= 0.6 is 0 Å². The van der Waals surface area contributed by atoms with E-state index in [0.717, 1.165) is 25.7 Å². The fraction of sp³-hybridized carbons (Fsp3) is 0.526. The minimum atomic E-state index is -0.638. The van der Waals surface area contributed by atoms with Crippen molar-refractivity contribution < 1.29 is 14.4 Å². The van der Waals surface area contributed by atoms with Gasteiger partial charge in [0.2, 0.25) is 11.8 Å². The molecule has 2 rings (SSSR count). The van der Waals surface area contributed by atoms with E-state index >= 15 is 0 Å². The van der Waals surface area contributed by atoms with Gasteiger partial charge in [-0.15, -0.1) is 0 Å². The molecule has 0 saturated heterocycles. The molecule has 1 saturated carbocycles. The number of carbonyl (C=O) groups is 3. The Bertz CT molecular complexity index is 637. The SMILES string of the molecule is CC(C)[C@H](N)C(=O)NCC(=O)Nc1ccc(C(=O)NC2CCCC2)cc1. The van der Waals surface area contributed by atoms with Crippen LogP contribution in [-0.4, -0.2) is 36.3 Å². The molecular weight excluding hydrogens is 332 g/mol. The molecule has 142 valence electrons. The zero-order valence-corrected chi connectivity index (χ0v) is 15.4. The predicted molar refractivity (Wildman–Crippen MR) is 101 cm³/mol. The van der Waals surface area contributed by atoms with Gasteiger partial charge in [0.15, 0.2) is 0 Å². The molecule has 0 aromatic heterocycles. The lowest BCUT2D eigenvalue weighted by Gasteiger charge is -2.15. The van der Waals surface area contributed by atoms with E-state index in [-0.39, 0.29) is 36.2 Å². The van der Waals surface area contributed by atoms with E-state index in [1.165, 1.54) is 0 Å². The van der Waals surface area contributed by atoms with Crippen molar-refractivity contribution in [3.8, 4) is 0 Å². The van der Waals surface area contributed by atoms with E-state index in [9.17, 15) is 14.4 Å². The van der Waals surface area contributed by atoms with Crippen molar-refractivity contribution in [2.45, 2.75) is 51.6 Å². The Hall–Kier alpha value is -2.41. The first kappa shape index (κ1) is 19.9. The van der Waals surface area contributed by atoms with Crippen molar-refractivity contribution >= 4 is 23.4 Å². The first-order valence-corrected chi connectivity index (χ1v) is 9.11. The van der Waals surface area contributed by atoms with E-state index in [0.29, 0.717) is 11.3 Å². The highest BCUT2D eigenvalue weighted by Crippen LogP contribution is 2.18. The van der Waals surface area contributed by atoms with Gasteiger partial charge in [0.25, 0.3) is 5.91 Å². The molecule has 5 N–H and O–H groups in total. The van der Waals surface area contributed by atoms with Gasteiger partial charge in [-0.2, -0.15) is 0 Å². The number of anilines is 1. The zero-order chi connectivity index (χ0) is 19.1. The number of benzene rings is 1. The van der Waals surface area contributed by atoms with Gasteiger partial charge in [-0.1, -0.05) is 26.7 Å². The van der Waals surface area contributed by atoms with Gasteiger partial charge in [-0.05, 0) is 43.0 Å². The summed E-state index contributed by atoms with van der Waals surface area (Å²) in [5.41, 5.74) is 6.85. The van der Waals surface area contributed by atoms with E-state index in [1.54, 1.807) is 24.3 Å². The third-order valence-corrected chi connectivity index (χ3v) is 4.57. The van der Waals surface area contributed by atoms with Crippen LogP contribution in [0, 0.1) is 5.92 Å². The predicted octanol–water partition coefficient (Wildman–Crippen LogP) is 1.40. The lowest BCUT2D eigenvalue weighted by atomic mass is 10.1. The summed E-state index contributed by atoms with van der Waals surface area (Å²) in [6, 6.07) is 6.32. The van der Waals surface area contributed by atoms with Crippen molar-refractivity contribution in [3.05, 3.63) is 29.8 Å². The van der Waals surface area contributed by atoms with Gasteiger partial charge in [0.05, 0.1) is 12.6 Å². The minimum absolute atomic E-state index is 0.000912. The molecule has 1 atom stereocenters. The highest BCUT2D eigenvalue weighted by Gasteiger charge is 2.19. The second-order valence-electron chi connectivity index (χ2n) is 7.07. The molecule has 7 heteroatoms. The molecule has 0 bridgehead atoms. The van der Waals surface area contributed by atoms with E-state index in [4.69, 9.17) is 5.73 Å². The van der Waals surface area contributed by atoms with Gasteiger partial charge in [-0.3, -0.25) is 14.4 Å². The number of amides is 3. The summed E-state index contributed by atoms with van der Waals surface area (Å²) >= 11 is 0. The first-order chi connectivity index (χ1) is 12.4. The average Bonchev–Trinajstić information content (AvgIpc) is 3.12. The summed E-state index contributed by atoms with van der Waals surface area (Å²) in [6.07, 6.45) is 4.39. The fourth-order valence-corrected chi connectivity index (χ4v) is 2.84. The average molecular weight is 360 g/mol. The third kappa shape index (κ3) is 5.84. The van der Waals surface area contributed by atoms with Crippen molar-refractivity contribution in [2.24, 2.45) is 11.7 Å². The van der Waals surface area contributed by atoms with E-state index in [1.807, 2.05) is 13.8 Å². The van der Waals surface area contributed by atoms with Crippen LogP contribution in [0.25, 0.3) is 0 Å². The normalized spacial score (nSPS) is 15.5. The van der Waals surface area contributed by atoms with Crippen LogP contribution in [0.4, 0.5) is 5.69 Å². The number of hydrogen-bond donors (Lipinski definition) is 4. The second-order valence-corrected chi connectivity index (χ2v) is 7.07. The molecule has 0 aliphatic heterocycles. The van der Waals surface area contributed by atoms with E-state index < -0.39 is 6.04 Å². The van der Waals surface area contributed by atoms with Crippen molar-refractivity contribution in [3.63, 3.8) is 0 Å². The third-order valence-electron chi connectivity index (χ3n) is 4.57. The quantitative estimate of drug-likeness (QED) is 0.588. The maximum Gasteiger partial charge on any atom is 0.251 e. The van der Waals surface area contributed by atoms with Gasteiger partial charge in [0, 0.05) is 17.3 Å². The highest BCUT2D eigenvalue weighted by molar-refractivity contribution is 5.97. The van der Waals surface area contributed by atoms with Crippen LogP contribution in [0.2, 0.25) is 0 Å². The van der Waals surface area contributed by atoms with Gasteiger partial charge < -0.3 is 21.7 Å². The minimum Gasteiger partial charge on any atom is -0.349 e. The van der Waals surface area contributed by atoms with Crippen LogP contribution in [0.15, 0.2) is 24.3 Å². The van der Waals surface area contributed by atoms with Crippen molar-refractivity contribution in [1.82, 2.24) is 10.6 Å². The van der Waals surface area contributed by atoms with Crippen molar-refractivity contribution in [1.29, 1.82) is 0 Å². The molecule has 1 aliphatic carbocycles. The maximum atomic E-state index is 12.2. The molecule has 0 unspecified atom stereocenters. The molecule has 7 nitrogen and oxygen atoms in total. The molecule has 3 amide bonds. The van der Waals surface area contributed by atoms with Gasteiger partial charge in [0.1, 0.15) is 0 Å². The summed E-state index contributed by atoms with van der Waals surface area (Å²) in [5.74, 6) is -0.794. The molecule has 0 radical (unpaired) electrons. The molecule has 1 aromatic rings. The summed E-state index contributed by atoms with van der Waals surface area (Å²) < 4.78 is 0. The topological polar surface area (TPSA) is 113 Å². The van der Waals surface area contributed by atoms with Gasteiger partial charge in [-0.25, -0.2) is 0 Å². The Balaban J connectivity index is 1.79. The van der Waals surface area contributed by atoms with Crippen LogP contribution in [0.5, 0.6) is 0 Å². The Morgan fingerprint density at radius 2 is 1.73 bits per heavy atom. The monoisotopic (exact) mass is 360 g/mol. The molecule has 26 heavy (non-hydrogen) atoms. The van der Waals surface area contributed by atoms with E-state index in [2.05, 4.69) is 16.0 Å². The molecule has 1 fully saturated rings. The molecule has 1 aromatic carbocycles. The standard InChI is InChI=1S/C19H28N4O3/c1-12(2)17(20)19(26)21-11-16(24)22-15-9-7-13(8-10-15)18(25)23-14-5-3-4-6-14/h7-10,12,14,17H,3-6,11,20H2,1-2H3,(H,21,26)(H,22,24)(H,23,25)/t17-/m0/s1. The Kier molecular flexibility index (Phi) is 7.15.